The van der Waals surface area contributed by atoms with Gasteiger partial charge >= 0.3 is 12.1 Å². The molecule has 0 spiro atoms. The molecule has 1 aliphatic carbocycles. The number of hydrogen-bond acceptors (Lipinski definition) is 2. The first-order chi connectivity index (χ1) is 11.4. The van der Waals surface area contributed by atoms with E-state index in [-0.39, 0.29) is 24.9 Å². The largest absolute Gasteiger partial charge is 0.471 e. The lowest BCUT2D eigenvalue weighted by molar-refractivity contribution is -0.186. The van der Waals surface area contributed by atoms with Crippen LogP contribution in [0.25, 0.3) is 0 Å². The number of nitrogens with one attached hydrogen (secondary N) is 1. The zero-order chi connectivity index (χ0) is 17.6. The number of carbonyl (C=O) groups is 2. The Hall–Kier alpha value is -1.27. The van der Waals surface area contributed by atoms with Crippen LogP contribution in [0.1, 0.15) is 57.8 Å². The number of halogens is 3. The second-order valence-electron chi connectivity index (χ2n) is 7.08. The van der Waals surface area contributed by atoms with Crippen LogP contribution < -0.4 is 5.32 Å². The van der Waals surface area contributed by atoms with Crippen LogP contribution in [0.4, 0.5) is 13.2 Å². The van der Waals surface area contributed by atoms with Crippen molar-refractivity contribution in [3.8, 4) is 0 Å². The van der Waals surface area contributed by atoms with Gasteiger partial charge in [-0.15, -0.1) is 0 Å². The molecule has 1 N–H and O–H groups in total. The molecule has 1 saturated carbocycles. The first kappa shape index (κ1) is 19.1. The maximum atomic E-state index is 12.4. The molecule has 7 heteroatoms. The monoisotopic (exact) mass is 348 g/mol. The molecule has 24 heavy (non-hydrogen) atoms. The van der Waals surface area contributed by atoms with Gasteiger partial charge in [-0.25, -0.2) is 0 Å². The van der Waals surface area contributed by atoms with Gasteiger partial charge in [0.05, 0.1) is 0 Å². The molecular weight excluding hydrogens is 321 g/mol. The van der Waals surface area contributed by atoms with Gasteiger partial charge in [-0.1, -0.05) is 32.1 Å². The minimum absolute atomic E-state index is 0.0365. The zero-order valence-corrected chi connectivity index (χ0v) is 14.0. The van der Waals surface area contributed by atoms with Crippen molar-refractivity contribution in [2.45, 2.75) is 64.0 Å². The number of rotatable bonds is 5. The molecule has 1 aliphatic heterocycles. The van der Waals surface area contributed by atoms with Crippen molar-refractivity contribution < 1.29 is 22.8 Å². The van der Waals surface area contributed by atoms with E-state index in [1.54, 1.807) is 0 Å². The van der Waals surface area contributed by atoms with Crippen LogP contribution >= 0.6 is 0 Å². The van der Waals surface area contributed by atoms with Crippen LogP contribution in [0.15, 0.2) is 0 Å². The predicted molar refractivity (Wildman–Crippen MR) is 84.2 cm³/mol. The highest BCUT2D eigenvalue weighted by molar-refractivity contribution is 5.81. The van der Waals surface area contributed by atoms with Crippen LogP contribution in [-0.2, 0) is 9.59 Å². The average Bonchev–Trinajstić information content (AvgIpc) is 2.58. The first-order valence-corrected chi connectivity index (χ1v) is 8.99. The van der Waals surface area contributed by atoms with E-state index in [1.165, 1.54) is 32.1 Å². The quantitative estimate of drug-likeness (QED) is 0.829. The number of alkyl halides is 3. The summed E-state index contributed by atoms with van der Waals surface area (Å²) >= 11 is 0. The van der Waals surface area contributed by atoms with Crippen molar-refractivity contribution in [2.75, 3.05) is 19.6 Å². The van der Waals surface area contributed by atoms with Crippen LogP contribution in [0.3, 0.4) is 0 Å². The highest BCUT2D eigenvalue weighted by Gasteiger charge is 2.43. The molecule has 0 aromatic heterocycles. The number of piperidine rings is 1. The Kier molecular flexibility index (Phi) is 6.92. The summed E-state index contributed by atoms with van der Waals surface area (Å²) in [6.07, 6.45) is 3.97. The van der Waals surface area contributed by atoms with Crippen LogP contribution in [0.2, 0.25) is 0 Å². The van der Waals surface area contributed by atoms with Gasteiger partial charge < -0.3 is 10.2 Å². The lowest BCUT2D eigenvalue weighted by Gasteiger charge is -2.32. The van der Waals surface area contributed by atoms with Crippen molar-refractivity contribution in [1.29, 1.82) is 0 Å². The summed E-state index contributed by atoms with van der Waals surface area (Å²) in [7, 11) is 0. The van der Waals surface area contributed by atoms with E-state index < -0.39 is 12.1 Å². The Morgan fingerprint density at radius 1 is 0.958 bits per heavy atom. The lowest BCUT2D eigenvalue weighted by Crippen LogP contribution is -2.46. The molecule has 4 nitrogen and oxygen atoms in total. The molecule has 0 unspecified atom stereocenters. The Morgan fingerprint density at radius 3 is 2.17 bits per heavy atom. The summed E-state index contributed by atoms with van der Waals surface area (Å²) in [5.74, 6) is -0.895. The molecule has 2 amide bonds. The summed E-state index contributed by atoms with van der Waals surface area (Å²) < 4.78 is 37.1. The van der Waals surface area contributed by atoms with Gasteiger partial charge in [0.15, 0.2) is 0 Å². The SMILES string of the molecule is O=C(CCC1CCCCC1)NCC1CCN(C(=O)C(F)(F)F)CC1. The molecule has 0 atom stereocenters. The van der Waals surface area contributed by atoms with Gasteiger partial charge in [0.1, 0.15) is 0 Å². The highest BCUT2D eigenvalue weighted by atomic mass is 19.4. The second kappa shape index (κ2) is 8.72. The number of nitrogens with zero attached hydrogens (tertiary/aromatic N) is 1. The smallest absolute Gasteiger partial charge is 0.356 e. The maximum absolute atomic E-state index is 12.4. The number of carbonyl (C=O) groups excluding carboxylic acids is 2. The molecule has 0 bridgehead atoms. The average molecular weight is 348 g/mol. The van der Waals surface area contributed by atoms with E-state index in [9.17, 15) is 22.8 Å². The zero-order valence-electron chi connectivity index (χ0n) is 14.0. The van der Waals surface area contributed by atoms with Crippen LogP contribution in [0, 0.1) is 11.8 Å². The Morgan fingerprint density at radius 2 is 1.58 bits per heavy atom. The van der Waals surface area contributed by atoms with E-state index in [0.29, 0.717) is 31.7 Å². The molecule has 2 rings (SSSR count). The first-order valence-electron chi connectivity index (χ1n) is 8.99. The molecule has 0 aromatic rings. The fraction of sp³-hybridized carbons (Fsp3) is 0.882. The van der Waals surface area contributed by atoms with Gasteiger partial charge in [-0.05, 0) is 31.1 Å². The van der Waals surface area contributed by atoms with E-state index in [0.717, 1.165) is 11.3 Å². The minimum atomic E-state index is -4.79. The minimum Gasteiger partial charge on any atom is -0.356 e. The number of amides is 2. The van der Waals surface area contributed by atoms with Gasteiger partial charge in [-0.2, -0.15) is 13.2 Å². The molecule has 138 valence electrons. The molecule has 0 radical (unpaired) electrons. The summed E-state index contributed by atoms with van der Waals surface area (Å²) in [5.41, 5.74) is 0. The highest BCUT2D eigenvalue weighted by Crippen LogP contribution is 2.27. The summed E-state index contributed by atoms with van der Waals surface area (Å²) in [6.45, 7) is 0.722. The second-order valence-corrected chi connectivity index (χ2v) is 7.08. The van der Waals surface area contributed by atoms with E-state index in [2.05, 4.69) is 5.32 Å². The van der Waals surface area contributed by atoms with E-state index in [1.807, 2.05) is 0 Å². The van der Waals surface area contributed by atoms with Crippen molar-refractivity contribution in [2.24, 2.45) is 11.8 Å². The molecule has 2 fully saturated rings. The number of hydrogen-bond donors (Lipinski definition) is 1. The summed E-state index contributed by atoms with van der Waals surface area (Å²) in [6, 6.07) is 0. The third kappa shape index (κ3) is 5.98. The van der Waals surface area contributed by atoms with Crippen molar-refractivity contribution in [3.63, 3.8) is 0 Å². The molecule has 2 aliphatic rings. The maximum Gasteiger partial charge on any atom is 0.471 e. The Bertz CT molecular complexity index is 426. The normalized spacial score (nSPS) is 20.9. The Balaban J connectivity index is 1.60. The molecule has 1 heterocycles. The van der Waals surface area contributed by atoms with Crippen molar-refractivity contribution in [1.82, 2.24) is 10.2 Å². The number of likely N-dealkylation sites (tertiary alicyclic amines) is 1. The van der Waals surface area contributed by atoms with E-state index in [4.69, 9.17) is 0 Å². The summed E-state index contributed by atoms with van der Waals surface area (Å²) in [4.78, 5) is 23.9. The summed E-state index contributed by atoms with van der Waals surface area (Å²) in [5, 5.41) is 2.90. The topological polar surface area (TPSA) is 49.4 Å². The predicted octanol–water partition coefficient (Wildman–Crippen LogP) is 3.26. The van der Waals surface area contributed by atoms with Gasteiger partial charge in [0.2, 0.25) is 5.91 Å². The molecule has 1 saturated heterocycles. The third-order valence-corrected chi connectivity index (χ3v) is 5.24. The standard InChI is InChI=1S/C17H27F3N2O2/c18-17(19,20)16(24)22-10-8-14(9-11-22)12-21-15(23)7-6-13-4-2-1-3-5-13/h13-14H,1-12H2,(H,21,23). The van der Waals surface area contributed by atoms with Crippen molar-refractivity contribution in [3.05, 3.63) is 0 Å². The van der Waals surface area contributed by atoms with Gasteiger partial charge in [-0.3, -0.25) is 9.59 Å². The lowest BCUT2D eigenvalue weighted by atomic mass is 9.86. The van der Waals surface area contributed by atoms with Gasteiger partial charge in [0.25, 0.3) is 0 Å². The van der Waals surface area contributed by atoms with Crippen LogP contribution in [0.5, 0.6) is 0 Å². The third-order valence-electron chi connectivity index (χ3n) is 5.24. The molecular formula is C17H27F3N2O2. The van der Waals surface area contributed by atoms with E-state index >= 15 is 0 Å². The van der Waals surface area contributed by atoms with Crippen molar-refractivity contribution >= 4 is 11.8 Å². The fourth-order valence-electron chi connectivity index (χ4n) is 3.68. The fourth-order valence-corrected chi connectivity index (χ4v) is 3.68. The van der Waals surface area contributed by atoms with Crippen LogP contribution in [-0.4, -0.2) is 42.5 Å². The van der Waals surface area contributed by atoms with Gasteiger partial charge in [0, 0.05) is 26.1 Å². The Labute approximate surface area is 141 Å². The molecule has 0 aromatic carbocycles.